The van der Waals surface area contributed by atoms with Crippen LogP contribution in [0.15, 0.2) is 82.0 Å². The maximum absolute atomic E-state index is 13.5. The van der Waals surface area contributed by atoms with Gasteiger partial charge >= 0.3 is 5.97 Å². The van der Waals surface area contributed by atoms with Crippen molar-refractivity contribution in [3.05, 3.63) is 88.1 Å². The van der Waals surface area contributed by atoms with Gasteiger partial charge in [-0.2, -0.15) is 0 Å². The second-order valence-corrected chi connectivity index (χ2v) is 9.62. The number of allylic oxidation sites excluding steroid dienone is 1. The minimum atomic E-state index is -0.482. The first kappa shape index (κ1) is 25.6. The van der Waals surface area contributed by atoms with E-state index >= 15 is 0 Å². The molecule has 2 aromatic carbocycles. The quantitative estimate of drug-likeness (QED) is 0.465. The van der Waals surface area contributed by atoms with Crippen LogP contribution in [0.25, 0.3) is 0 Å². The van der Waals surface area contributed by atoms with Crippen molar-refractivity contribution in [1.82, 2.24) is 10.2 Å². The standard InChI is InChI=1S/C28H31N3O4S/c1-5-18(2)29-24(32)15-22-17-36-28-30-19(3)25(27(33)35-16-20-9-7-6-8-10-20)26(31(22)28)21-11-13-23(34-4)14-12-21/h6-14,17-18,26H,5,15-16H2,1-4H3,(H,29,32). The SMILES string of the molecule is CCC(C)NC(=O)CC1=CSC2=NC(C)=C(C(=O)OCc3ccccc3)C(c3ccc(OC)cc3)N12. The Labute approximate surface area is 216 Å². The van der Waals surface area contributed by atoms with E-state index < -0.39 is 12.0 Å². The molecule has 2 heterocycles. The van der Waals surface area contributed by atoms with Crippen molar-refractivity contribution in [2.75, 3.05) is 7.11 Å². The van der Waals surface area contributed by atoms with Crippen LogP contribution in [-0.4, -0.2) is 35.1 Å². The number of methoxy groups -OCH3 is 1. The highest BCUT2D eigenvalue weighted by Gasteiger charge is 2.41. The van der Waals surface area contributed by atoms with Crippen molar-refractivity contribution in [1.29, 1.82) is 0 Å². The summed E-state index contributed by atoms with van der Waals surface area (Å²) >= 11 is 1.46. The van der Waals surface area contributed by atoms with Gasteiger partial charge in [-0.1, -0.05) is 61.2 Å². The number of hydrogen-bond acceptors (Lipinski definition) is 7. The van der Waals surface area contributed by atoms with Crippen molar-refractivity contribution in [2.45, 2.75) is 52.3 Å². The maximum Gasteiger partial charge on any atom is 0.338 e. The Morgan fingerprint density at radius 1 is 1.14 bits per heavy atom. The third-order valence-electron chi connectivity index (χ3n) is 6.23. The van der Waals surface area contributed by atoms with E-state index in [0.29, 0.717) is 11.3 Å². The van der Waals surface area contributed by atoms with Crippen molar-refractivity contribution in [2.24, 2.45) is 4.99 Å². The summed E-state index contributed by atoms with van der Waals surface area (Å²) in [6.45, 7) is 6.01. The van der Waals surface area contributed by atoms with Gasteiger partial charge in [0.05, 0.1) is 30.8 Å². The van der Waals surface area contributed by atoms with Gasteiger partial charge in [-0.05, 0) is 48.9 Å². The molecule has 36 heavy (non-hydrogen) atoms. The molecule has 0 saturated carbocycles. The molecule has 2 aromatic rings. The first-order valence-corrected chi connectivity index (χ1v) is 12.9. The van der Waals surface area contributed by atoms with Crippen molar-refractivity contribution < 1.29 is 19.1 Å². The number of carbonyl (C=O) groups is 2. The predicted octanol–water partition coefficient (Wildman–Crippen LogP) is 5.32. The molecule has 4 rings (SSSR count). The molecule has 188 valence electrons. The molecule has 2 unspecified atom stereocenters. The summed E-state index contributed by atoms with van der Waals surface area (Å²) in [5.41, 5.74) is 3.64. The van der Waals surface area contributed by atoms with Gasteiger partial charge in [0.25, 0.3) is 0 Å². The zero-order valence-corrected chi connectivity index (χ0v) is 21.8. The number of thioether (sulfide) groups is 1. The summed E-state index contributed by atoms with van der Waals surface area (Å²) in [5.74, 6) is 0.225. The summed E-state index contributed by atoms with van der Waals surface area (Å²) in [7, 11) is 1.62. The monoisotopic (exact) mass is 505 g/mol. The largest absolute Gasteiger partial charge is 0.497 e. The molecule has 7 nitrogen and oxygen atoms in total. The lowest BCUT2D eigenvalue weighted by Crippen LogP contribution is -2.39. The van der Waals surface area contributed by atoms with Crippen LogP contribution in [0, 0.1) is 0 Å². The van der Waals surface area contributed by atoms with Crippen molar-refractivity contribution in [3.8, 4) is 5.75 Å². The zero-order chi connectivity index (χ0) is 25.7. The fraction of sp³-hybridized carbons (Fsp3) is 0.321. The minimum absolute atomic E-state index is 0.0644. The Morgan fingerprint density at radius 3 is 2.53 bits per heavy atom. The van der Waals surface area contributed by atoms with E-state index in [2.05, 4.69) is 5.32 Å². The van der Waals surface area contributed by atoms with Gasteiger partial charge in [-0.25, -0.2) is 9.79 Å². The van der Waals surface area contributed by atoms with Crippen LogP contribution in [0.1, 0.15) is 50.8 Å². The molecule has 0 bridgehead atoms. The molecule has 2 atom stereocenters. The number of esters is 1. The van der Waals surface area contributed by atoms with Gasteiger partial charge in [0.15, 0.2) is 5.17 Å². The van der Waals surface area contributed by atoms with Gasteiger partial charge in [-0.15, -0.1) is 0 Å². The van der Waals surface area contributed by atoms with Gasteiger partial charge in [0.1, 0.15) is 12.4 Å². The number of nitrogens with zero attached hydrogens (tertiary/aromatic N) is 2. The third kappa shape index (κ3) is 5.65. The topological polar surface area (TPSA) is 80.2 Å². The van der Waals surface area contributed by atoms with Crippen LogP contribution < -0.4 is 10.1 Å². The molecular weight excluding hydrogens is 474 g/mol. The summed E-state index contributed by atoms with van der Waals surface area (Å²) in [4.78, 5) is 32.9. The fourth-order valence-electron chi connectivity index (χ4n) is 4.13. The number of nitrogens with one attached hydrogen (secondary N) is 1. The van der Waals surface area contributed by atoms with Crippen LogP contribution in [-0.2, 0) is 20.9 Å². The molecule has 2 aliphatic rings. The van der Waals surface area contributed by atoms with Crippen LogP contribution in [0.2, 0.25) is 0 Å². The number of fused-ring (bicyclic) bond motifs is 1. The molecule has 1 N–H and O–H groups in total. The second kappa shape index (κ2) is 11.5. The molecule has 2 aliphatic heterocycles. The molecule has 1 amide bonds. The number of ether oxygens (including phenoxy) is 2. The number of rotatable bonds is 9. The number of hydrogen-bond donors (Lipinski definition) is 1. The molecule has 0 aliphatic carbocycles. The van der Waals surface area contributed by atoms with Gasteiger partial charge in [0, 0.05) is 11.7 Å². The lowest BCUT2D eigenvalue weighted by Gasteiger charge is -2.36. The highest BCUT2D eigenvalue weighted by molar-refractivity contribution is 8.16. The maximum atomic E-state index is 13.5. The lowest BCUT2D eigenvalue weighted by atomic mass is 9.93. The Bertz CT molecular complexity index is 1210. The van der Waals surface area contributed by atoms with E-state index in [9.17, 15) is 9.59 Å². The first-order chi connectivity index (χ1) is 17.4. The van der Waals surface area contributed by atoms with E-state index in [1.165, 1.54) is 11.8 Å². The number of amides is 1. The van der Waals surface area contributed by atoms with Crippen molar-refractivity contribution >= 4 is 28.8 Å². The molecular formula is C28H31N3O4S. The number of benzene rings is 2. The van der Waals surface area contributed by atoms with E-state index in [0.717, 1.165) is 34.2 Å². The average molecular weight is 506 g/mol. The molecule has 0 fully saturated rings. The molecule has 0 spiro atoms. The van der Waals surface area contributed by atoms with Crippen LogP contribution >= 0.6 is 11.8 Å². The van der Waals surface area contributed by atoms with E-state index in [1.54, 1.807) is 7.11 Å². The fourth-order valence-corrected chi connectivity index (χ4v) is 5.09. The summed E-state index contributed by atoms with van der Waals surface area (Å²) in [6, 6.07) is 16.8. The predicted molar refractivity (Wildman–Crippen MR) is 142 cm³/mol. The summed E-state index contributed by atoms with van der Waals surface area (Å²) < 4.78 is 11.1. The number of aliphatic imine (C=N–C) groups is 1. The second-order valence-electron chi connectivity index (χ2n) is 8.78. The Balaban J connectivity index is 1.66. The van der Waals surface area contributed by atoms with E-state index in [-0.39, 0.29) is 25.0 Å². The summed E-state index contributed by atoms with van der Waals surface area (Å²) in [5, 5.41) is 5.70. The third-order valence-corrected chi connectivity index (χ3v) is 7.12. The van der Waals surface area contributed by atoms with Gasteiger partial charge in [-0.3, -0.25) is 4.79 Å². The molecule has 0 saturated heterocycles. The Morgan fingerprint density at radius 2 is 1.86 bits per heavy atom. The normalized spacial score (nSPS) is 17.7. The minimum Gasteiger partial charge on any atom is -0.497 e. The highest BCUT2D eigenvalue weighted by Crippen LogP contribution is 2.45. The number of amidine groups is 1. The van der Waals surface area contributed by atoms with Crippen LogP contribution in [0.5, 0.6) is 5.75 Å². The van der Waals surface area contributed by atoms with Gasteiger partial charge < -0.3 is 19.7 Å². The zero-order valence-electron chi connectivity index (χ0n) is 21.0. The van der Waals surface area contributed by atoms with E-state index in [1.807, 2.05) is 85.7 Å². The lowest BCUT2D eigenvalue weighted by molar-refractivity contribution is -0.141. The van der Waals surface area contributed by atoms with E-state index in [4.69, 9.17) is 14.5 Å². The average Bonchev–Trinajstić information content (AvgIpc) is 3.28. The molecule has 0 aromatic heterocycles. The summed E-state index contributed by atoms with van der Waals surface area (Å²) in [6.07, 6.45) is 1.04. The molecule has 8 heteroatoms. The van der Waals surface area contributed by atoms with Crippen molar-refractivity contribution in [3.63, 3.8) is 0 Å². The molecule has 0 radical (unpaired) electrons. The van der Waals surface area contributed by atoms with Crippen LogP contribution in [0.3, 0.4) is 0 Å². The Hall–Kier alpha value is -3.52. The Kier molecular flexibility index (Phi) is 8.15. The first-order valence-electron chi connectivity index (χ1n) is 12.0. The highest BCUT2D eigenvalue weighted by atomic mass is 32.2. The smallest absolute Gasteiger partial charge is 0.338 e. The van der Waals surface area contributed by atoms with Crippen LogP contribution in [0.4, 0.5) is 0 Å². The number of carbonyl (C=O) groups excluding carboxylic acids is 2. The van der Waals surface area contributed by atoms with Gasteiger partial charge in [0.2, 0.25) is 5.91 Å².